The summed E-state index contributed by atoms with van der Waals surface area (Å²) in [6, 6.07) is 11.5. The normalized spacial score (nSPS) is 10.4. The number of nitrogens with two attached hydrogens (primary N) is 2. The molecule has 0 radical (unpaired) electrons. The van der Waals surface area contributed by atoms with Crippen LogP contribution in [0.2, 0.25) is 0 Å². The van der Waals surface area contributed by atoms with Gasteiger partial charge in [-0.1, -0.05) is 12.1 Å². The molecule has 2 aromatic rings. The van der Waals surface area contributed by atoms with E-state index in [9.17, 15) is 9.18 Å². The second-order valence-electron chi connectivity index (χ2n) is 4.07. The van der Waals surface area contributed by atoms with Gasteiger partial charge < -0.3 is 11.5 Å². The van der Waals surface area contributed by atoms with Crippen molar-refractivity contribution < 1.29 is 9.18 Å². The average molecular weight is 276 g/mol. The summed E-state index contributed by atoms with van der Waals surface area (Å²) >= 11 is 1.48. The van der Waals surface area contributed by atoms with Gasteiger partial charge in [-0.05, 0) is 35.9 Å². The van der Waals surface area contributed by atoms with Gasteiger partial charge in [0.15, 0.2) is 0 Å². The molecule has 0 aliphatic heterocycles. The highest BCUT2D eigenvalue weighted by molar-refractivity contribution is 7.98. The lowest BCUT2D eigenvalue weighted by molar-refractivity contribution is 0.100. The molecule has 98 valence electrons. The molecule has 0 aliphatic carbocycles. The van der Waals surface area contributed by atoms with Crippen molar-refractivity contribution in [3.8, 4) is 0 Å². The molecule has 0 heterocycles. The van der Waals surface area contributed by atoms with Crippen LogP contribution in [-0.4, -0.2) is 5.91 Å². The molecule has 0 bridgehead atoms. The molecule has 0 atom stereocenters. The molecule has 2 aromatic carbocycles. The van der Waals surface area contributed by atoms with Crippen molar-refractivity contribution >= 4 is 23.4 Å². The van der Waals surface area contributed by atoms with E-state index in [-0.39, 0.29) is 5.82 Å². The van der Waals surface area contributed by atoms with Crippen LogP contribution in [0.15, 0.2) is 47.4 Å². The van der Waals surface area contributed by atoms with Gasteiger partial charge >= 0.3 is 0 Å². The van der Waals surface area contributed by atoms with Crippen LogP contribution in [0.3, 0.4) is 0 Å². The summed E-state index contributed by atoms with van der Waals surface area (Å²) in [6.45, 7) is 0. The Labute approximate surface area is 114 Å². The molecular weight excluding hydrogens is 263 g/mol. The fourth-order valence-electron chi connectivity index (χ4n) is 1.60. The Hall–Kier alpha value is -2.01. The first-order chi connectivity index (χ1) is 9.04. The third-order valence-corrected chi connectivity index (χ3v) is 3.58. The minimum atomic E-state index is -0.447. The van der Waals surface area contributed by atoms with Crippen molar-refractivity contribution in [3.63, 3.8) is 0 Å². The first-order valence-electron chi connectivity index (χ1n) is 5.62. The Morgan fingerprint density at radius 2 is 1.84 bits per heavy atom. The molecule has 0 aliphatic rings. The number of carbonyl (C=O) groups is 1. The van der Waals surface area contributed by atoms with Gasteiger partial charge in [0.25, 0.3) is 0 Å². The molecule has 5 heteroatoms. The highest BCUT2D eigenvalue weighted by atomic mass is 32.2. The van der Waals surface area contributed by atoms with Crippen LogP contribution < -0.4 is 11.5 Å². The molecule has 2 rings (SSSR count). The van der Waals surface area contributed by atoms with E-state index >= 15 is 0 Å². The number of primary amides is 1. The van der Waals surface area contributed by atoms with Gasteiger partial charge in [-0.3, -0.25) is 4.79 Å². The Morgan fingerprint density at radius 1 is 1.16 bits per heavy atom. The van der Waals surface area contributed by atoms with Crippen LogP contribution in [0, 0.1) is 5.82 Å². The van der Waals surface area contributed by atoms with Gasteiger partial charge in [-0.25, -0.2) is 4.39 Å². The maximum atomic E-state index is 13.2. The van der Waals surface area contributed by atoms with E-state index in [1.165, 1.54) is 23.9 Å². The van der Waals surface area contributed by atoms with Crippen LogP contribution >= 0.6 is 11.8 Å². The van der Waals surface area contributed by atoms with E-state index in [0.29, 0.717) is 17.0 Å². The fourth-order valence-corrected chi connectivity index (χ4v) is 2.54. The van der Waals surface area contributed by atoms with Gasteiger partial charge in [0.1, 0.15) is 5.82 Å². The first-order valence-corrected chi connectivity index (χ1v) is 6.61. The topological polar surface area (TPSA) is 69.1 Å². The van der Waals surface area contributed by atoms with E-state index in [4.69, 9.17) is 11.5 Å². The number of hydrogen-bond donors (Lipinski definition) is 2. The number of rotatable bonds is 4. The molecule has 0 spiro atoms. The smallest absolute Gasteiger partial charge is 0.248 e. The number of thioether (sulfide) groups is 1. The predicted octanol–water partition coefficient (Wildman–Crippen LogP) is 2.80. The van der Waals surface area contributed by atoms with Crippen LogP contribution in [0.1, 0.15) is 15.9 Å². The number of anilines is 1. The molecule has 0 unspecified atom stereocenters. The van der Waals surface area contributed by atoms with Crippen molar-refractivity contribution in [2.75, 3.05) is 5.73 Å². The number of amides is 1. The molecule has 0 saturated heterocycles. The molecule has 4 N–H and O–H groups in total. The number of halogens is 1. The van der Waals surface area contributed by atoms with Crippen LogP contribution in [0.4, 0.5) is 10.1 Å². The maximum Gasteiger partial charge on any atom is 0.248 e. The summed E-state index contributed by atoms with van der Waals surface area (Å²) < 4.78 is 13.2. The minimum absolute atomic E-state index is 0.341. The summed E-state index contributed by atoms with van der Waals surface area (Å²) in [5, 5.41) is 0. The van der Waals surface area contributed by atoms with E-state index in [1.54, 1.807) is 18.2 Å². The van der Waals surface area contributed by atoms with Crippen molar-refractivity contribution in [2.45, 2.75) is 10.6 Å². The monoisotopic (exact) mass is 276 g/mol. The lowest BCUT2D eigenvalue weighted by Gasteiger charge is -2.04. The van der Waals surface area contributed by atoms with Crippen molar-refractivity contribution in [2.24, 2.45) is 5.73 Å². The highest BCUT2D eigenvalue weighted by Gasteiger charge is 2.02. The summed E-state index contributed by atoms with van der Waals surface area (Å²) in [4.78, 5) is 11.7. The summed E-state index contributed by atoms with van der Waals surface area (Å²) in [7, 11) is 0. The number of carbonyl (C=O) groups excluding carboxylic acids is 1. The zero-order chi connectivity index (χ0) is 13.8. The average Bonchev–Trinajstić information content (AvgIpc) is 2.36. The summed E-state index contributed by atoms with van der Waals surface area (Å²) in [5.41, 5.74) is 12.6. The van der Waals surface area contributed by atoms with Crippen molar-refractivity contribution in [3.05, 3.63) is 59.4 Å². The van der Waals surface area contributed by atoms with Crippen LogP contribution in [0.5, 0.6) is 0 Å². The third-order valence-electron chi connectivity index (χ3n) is 2.54. The van der Waals surface area contributed by atoms with E-state index in [0.717, 1.165) is 10.5 Å². The molecule has 1 amide bonds. The van der Waals surface area contributed by atoms with Gasteiger partial charge in [0.2, 0.25) is 5.91 Å². The lowest BCUT2D eigenvalue weighted by atomic mass is 10.1. The van der Waals surface area contributed by atoms with Gasteiger partial charge in [-0.2, -0.15) is 0 Å². The predicted molar refractivity (Wildman–Crippen MR) is 75.3 cm³/mol. The molecular formula is C14H13FN2OS. The zero-order valence-corrected chi connectivity index (χ0v) is 10.9. The molecule has 0 saturated carbocycles. The second kappa shape index (κ2) is 5.75. The second-order valence-corrected chi connectivity index (χ2v) is 5.12. The van der Waals surface area contributed by atoms with Gasteiger partial charge in [-0.15, -0.1) is 11.8 Å². The van der Waals surface area contributed by atoms with Crippen LogP contribution in [0.25, 0.3) is 0 Å². The maximum absolute atomic E-state index is 13.2. The quantitative estimate of drug-likeness (QED) is 0.666. The van der Waals surface area contributed by atoms with E-state index in [2.05, 4.69) is 0 Å². The number of nitrogen functional groups attached to an aromatic ring is 1. The molecule has 0 fully saturated rings. The Balaban J connectivity index is 2.03. The lowest BCUT2D eigenvalue weighted by Crippen LogP contribution is -2.10. The Morgan fingerprint density at radius 3 is 2.42 bits per heavy atom. The Kier molecular flexibility index (Phi) is 4.06. The summed E-state index contributed by atoms with van der Waals surface area (Å²) in [6.07, 6.45) is 0. The largest absolute Gasteiger partial charge is 0.399 e. The van der Waals surface area contributed by atoms with E-state index < -0.39 is 5.91 Å². The molecule has 3 nitrogen and oxygen atoms in total. The fraction of sp³-hybridized carbons (Fsp3) is 0.0714. The zero-order valence-electron chi connectivity index (χ0n) is 10.1. The first kappa shape index (κ1) is 13.4. The number of benzene rings is 2. The van der Waals surface area contributed by atoms with E-state index in [1.807, 2.05) is 12.1 Å². The minimum Gasteiger partial charge on any atom is -0.399 e. The van der Waals surface area contributed by atoms with Gasteiger partial charge in [0, 0.05) is 21.9 Å². The van der Waals surface area contributed by atoms with Crippen molar-refractivity contribution in [1.29, 1.82) is 0 Å². The van der Waals surface area contributed by atoms with Crippen LogP contribution in [-0.2, 0) is 5.75 Å². The van der Waals surface area contributed by atoms with Crippen molar-refractivity contribution in [1.82, 2.24) is 0 Å². The highest BCUT2D eigenvalue weighted by Crippen LogP contribution is 2.25. The number of hydrogen-bond acceptors (Lipinski definition) is 3. The third kappa shape index (κ3) is 3.72. The summed E-state index contributed by atoms with van der Waals surface area (Å²) in [5.74, 6) is -0.120. The molecule has 19 heavy (non-hydrogen) atoms. The SMILES string of the molecule is NC(=O)c1ccc(CSc2cc(N)cc(F)c2)cc1. The standard InChI is InChI=1S/C14H13FN2OS/c15-11-5-12(16)7-13(6-11)19-8-9-1-3-10(4-2-9)14(17)18/h1-7H,8,16H2,(H2,17,18). The molecule has 0 aromatic heterocycles. The Bertz CT molecular complexity index is 579. The van der Waals surface area contributed by atoms with Gasteiger partial charge in [0.05, 0.1) is 0 Å².